The van der Waals surface area contributed by atoms with E-state index in [1.54, 1.807) is 28.2 Å². The molecule has 0 aliphatic carbocycles. The summed E-state index contributed by atoms with van der Waals surface area (Å²) in [6.45, 7) is 0.450. The average molecular weight is 399 g/mol. The SMILES string of the molecule is O=c1c2ccccc2nc(SCc2coc(-c3cccs3)n2)n1CCCO. The van der Waals surface area contributed by atoms with E-state index in [2.05, 4.69) is 9.97 Å². The number of rotatable bonds is 7. The molecule has 6 nitrogen and oxygen atoms in total. The van der Waals surface area contributed by atoms with Crippen molar-refractivity contribution in [3.63, 3.8) is 0 Å². The van der Waals surface area contributed by atoms with Crippen LogP contribution in [0.5, 0.6) is 0 Å². The highest BCUT2D eigenvalue weighted by Crippen LogP contribution is 2.27. The van der Waals surface area contributed by atoms with Gasteiger partial charge in [-0.15, -0.1) is 11.3 Å². The molecular weight excluding hydrogens is 382 g/mol. The van der Waals surface area contributed by atoms with Crippen molar-refractivity contribution in [2.45, 2.75) is 23.9 Å². The Balaban J connectivity index is 1.61. The van der Waals surface area contributed by atoms with Gasteiger partial charge in [-0.2, -0.15) is 0 Å². The number of benzene rings is 1. The molecule has 3 aromatic heterocycles. The molecule has 0 bridgehead atoms. The zero-order valence-corrected chi connectivity index (χ0v) is 16.0. The number of para-hydroxylation sites is 1. The Hall–Kier alpha value is -2.42. The van der Waals surface area contributed by atoms with Gasteiger partial charge in [-0.05, 0) is 30.0 Å². The van der Waals surface area contributed by atoms with E-state index in [9.17, 15) is 4.79 Å². The van der Waals surface area contributed by atoms with Crippen LogP contribution < -0.4 is 5.56 Å². The summed E-state index contributed by atoms with van der Waals surface area (Å²) >= 11 is 3.02. The van der Waals surface area contributed by atoms with Crippen LogP contribution >= 0.6 is 23.1 Å². The minimum atomic E-state index is -0.0871. The highest BCUT2D eigenvalue weighted by atomic mass is 32.2. The first-order valence-electron chi connectivity index (χ1n) is 8.48. The maximum Gasteiger partial charge on any atom is 0.262 e. The lowest BCUT2D eigenvalue weighted by molar-refractivity contribution is 0.276. The summed E-state index contributed by atoms with van der Waals surface area (Å²) in [6.07, 6.45) is 2.14. The molecule has 0 amide bonds. The largest absolute Gasteiger partial charge is 0.444 e. The van der Waals surface area contributed by atoms with Crippen molar-refractivity contribution in [1.82, 2.24) is 14.5 Å². The van der Waals surface area contributed by atoms with Gasteiger partial charge in [0, 0.05) is 18.9 Å². The summed E-state index contributed by atoms with van der Waals surface area (Å²) in [7, 11) is 0. The van der Waals surface area contributed by atoms with Crippen molar-refractivity contribution >= 4 is 34.0 Å². The fourth-order valence-electron chi connectivity index (χ4n) is 2.71. The fourth-order valence-corrected chi connectivity index (χ4v) is 4.27. The summed E-state index contributed by atoms with van der Waals surface area (Å²) in [6, 6.07) is 11.2. The van der Waals surface area contributed by atoms with Crippen LogP contribution in [0.4, 0.5) is 0 Å². The molecule has 4 aromatic rings. The van der Waals surface area contributed by atoms with Gasteiger partial charge in [0.15, 0.2) is 5.16 Å². The molecule has 138 valence electrons. The van der Waals surface area contributed by atoms with Gasteiger partial charge in [0.2, 0.25) is 5.89 Å². The summed E-state index contributed by atoms with van der Waals surface area (Å²) in [5, 5.41) is 12.3. The Morgan fingerprint density at radius 1 is 1.19 bits per heavy atom. The van der Waals surface area contributed by atoms with Crippen LogP contribution in [0.25, 0.3) is 21.7 Å². The van der Waals surface area contributed by atoms with Crippen LogP contribution in [0.1, 0.15) is 12.1 Å². The van der Waals surface area contributed by atoms with Gasteiger partial charge in [0.25, 0.3) is 5.56 Å². The third kappa shape index (κ3) is 3.83. The number of thiophene rings is 1. The molecule has 3 heterocycles. The lowest BCUT2D eigenvalue weighted by atomic mass is 10.2. The van der Waals surface area contributed by atoms with E-state index in [0.717, 1.165) is 10.6 Å². The van der Waals surface area contributed by atoms with Gasteiger partial charge in [-0.25, -0.2) is 9.97 Å². The molecule has 0 saturated carbocycles. The predicted octanol–water partition coefficient (Wildman–Crippen LogP) is 3.79. The van der Waals surface area contributed by atoms with Crippen molar-refractivity contribution in [3.8, 4) is 10.8 Å². The zero-order valence-electron chi connectivity index (χ0n) is 14.4. The first-order valence-corrected chi connectivity index (χ1v) is 10.3. The number of oxazole rings is 1. The van der Waals surface area contributed by atoms with Gasteiger partial charge in [0.1, 0.15) is 6.26 Å². The van der Waals surface area contributed by atoms with E-state index in [-0.39, 0.29) is 12.2 Å². The second-order valence-corrected chi connectivity index (χ2v) is 7.75. The van der Waals surface area contributed by atoms with E-state index in [1.807, 2.05) is 35.7 Å². The minimum absolute atomic E-state index is 0.0246. The molecule has 0 fully saturated rings. The first kappa shape index (κ1) is 18.0. The van der Waals surface area contributed by atoms with Crippen LogP contribution in [0, 0.1) is 0 Å². The Labute approximate surface area is 163 Å². The van der Waals surface area contributed by atoms with E-state index in [4.69, 9.17) is 9.52 Å². The standard InChI is InChI=1S/C19H17N3O3S2/c23-9-4-8-22-18(24)14-5-1-2-6-15(14)21-19(22)27-12-13-11-25-17(20-13)16-7-3-10-26-16/h1-3,5-7,10-11,23H,4,8-9,12H2. The number of hydrogen-bond acceptors (Lipinski definition) is 7. The Bertz CT molecular complexity index is 1100. The second-order valence-electron chi connectivity index (χ2n) is 5.86. The topological polar surface area (TPSA) is 81.2 Å². The summed E-state index contributed by atoms with van der Waals surface area (Å²) in [4.78, 5) is 23.0. The second kappa shape index (κ2) is 8.08. The molecule has 1 N–H and O–H groups in total. The molecule has 0 spiro atoms. The van der Waals surface area contributed by atoms with E-state index >= 15 is 0 Å². The van der Waals surface area contributed by atoms with Crippen molar-refractivity contribution < 1.29 is 9.52 Å². The normalized spacial score (nSPS) is 11.3. The van der Waals surface area contributed by atoms with Crippen molar-refractivity contribution in [3.05, 3.63) is 64.1 Å². The summed E-state index contributed by atoms with van der Waals surface area (Å²) in [5.74, 6) is 1.14. The van der Waals surface area contributed by atoms with Gasteiger partial charge in [0.05, 0.1) is 21.5 Å². The van der Waals surface area contributed by atoms with Crippen LogP contribution in [-0.4, -0.2) is 26.2 Å². The van der Waals surface area contributed by atoms with Crippen molar-refractivity contribution in [1.29, 1.82) is 0 Å². The van der Waals surface area contributed by atoms with E-state index < -0.39 is 0 Å². The van der Waals surface area contributed by atoms with Gasteiger partial charge in [-0.1, -0.05) is 30.0 Å². The van der Waals surface area contributed by atoms with Crippen LogP contribution in [0.2, 0.25) is 0 Å². The molecule has 0 atom stereocenters. The number of nitrogens with zero attached hydrogens (tertiary/aromatic N) is 3. The average Bonchev–Trinajstić information content (AvgIpc) is 3.37. The highest BCUT2D eigenvalue weighted by molar-refractivity contribution is 7.98. The molecule has 1 aromatic carbocycles. The number of thioether (sulfide) groups is 1. The third-order valence-electron chi connectivity index (χ3n) is 4.00. The lowest BCUT2D eigenvalue weighted by Gasteiger charge is -2.12. The number of aliphatic hydroxyl groups excluding tert-OH is 1. The first-order chi connectivity index (χ1) is 13.3. The Kier molecular flexibility index (Phi) is 5.38. The Morgan fingerprint density at radius 2 is 2.07 bits per heavy atom. The highest BCUT2D eigenvalue weighted by Gasteiger charge is 2.13. The minimum Gasteiger partial charge on any atom is -0.444 e. The zero-order chi connectivity index (χ0) is 18.6. The monoisotopic (exact) mass is 399 g/mol. The maximum absolute atomic E-state index is 12.8. The molecule has 0 radical (unpaired) electrons. The predicted molar refractivity (Wildman–Crippen MR) is 107 cm³/mol. The van der Waals surface area contributed by atoms with Gasteiger partial charge >= 0.3 is 0 Å². The maximum atomic E-state index is 12.8. The number of fused-ring (bicyclic) bond motifs is 1. The van der Waals surface area contributed by atoms with Crippen molar-refractivity contribution in [2.24, 2.45) is 0 Å². The Morgan fingerprint density at radius 3 is 2.89 bits per heavy atom. The molecule has 8 heteroatoms. The number of aromatic nitrogens is 3. The molecule has 0 unspecified atom stereocenters. The van der Waals surface area contributed by atoms with E-state index in [0.29, 0.717) is 40.7 Å². The summed E-state index contributed by atoms with van der Waals surface area (Å²) < 4.78 is 7.18. The number of aliphatic hydroxyl groups is 1. The molecule has 0 aliphatic rings. The van der Waals surface area contributed by atoms with Crippen LogP contribution in [-0.2, 0) is 12.3 Å². The smallest absolute Gasteiger partial charge is 0.262 e. The summed E-state index contributed by atoms with van der Waals surface area (Å²) in [5.41, 5.74) is 1.38. The third-order valence-corrected chi connectivity index (χ3v) is 5.87. The fraction of sp³-hybridized carbons (Fsp3) is 0.211. The van der Waals surface area contributed by atoms with Crippen LogP contribution in [0.3, 0.4) is 0 Å². The molecule has 27 heavy (non-hydrogen) atoms. The van der Waals surface area contributed by atoms with Crippen molar-refractivity contribution in [2.75, 3.05) is 6.61 Å². The van der Waals surface area contributed by atoms with Crippen LogP contribution in [0.15, 0.2) is 62.4 Å². The number of hydrogen-bond donors (Lipinski definition) is 1. The van der Waals surface area contributed by atoms with Gasteiger partial charge < -0.3 is 9.52 Å². The molecule has 0 saturated heterocycles. The molecule has 4 rings (SSSR count). The molecule has 0 aliphatic heterocycles. The van der Waals surface area contributed by atoms with Gasteiger partial charge in [-0.3, -0.25) is 9.36 Å². The molecular formula is C19H17N3O3S2. The quantitative estimate of drug-likeness (QED) is 0.376. The lowest BCUT2D eigenvalue weighted by Crippen LogP contribution is -2.24. The van der Waals surface area contributed by atoms with E-state index in [1.165, 1.54) is 11.8 Å².